The number of carbonyl (C=O) groups is 1. The molecule has 0 amide bonds. The van der Waals surface area contributed by atoms with Gasteiger partial charge in [0.05, 0.1) is 10.5 Å². The van der Waals surface area contributed by atoms with E-state index in [-0.39, 0.29) is 5.88 Å². The Labute approximate surface area is 124 Å². The fourth-order valence-corrected chi connectivity index (χ4v) is 2.22. The van der Waals surface area contributed by atoms with Crippen molar-refractivity contribution in [1.82, 2.24) is 9.97 Å². The molecular weight excluding hydrogens is 299 g/mol. The molecule has 0 atom stereocenters. The maximum Gasteiger partial charge on any atom is 0.361 e. The van der Waals surface area contributed by atoms with Crippen molar-refractivity contribution in [3.63, 3.8) is 0 Å². The Morgan fingerprint density at radius 1 is 1.20 bits per heavy atom. The van der Waals surface area contributed by atoms with Gasteiger partial charge in [0.2, 0.25) is 5.88 Å². The van der Waals surface area contributed by atoms with Crippen molar-refractivity contribution in [3.05, 3.63) is 58.3 Å². The highest BCUT2D eigenvalue weighted by atomic mass is 35.5. The molecule has 100 valence electrons. The van der Waals surface area contributed by atoms with Gasteiger partial charge in [0.25, 0.3) is 0 Å². The first-order valence-corrected chi connectivity index (χ1v) is 6.50. The SMILES string of the molecule is O=C(Oc1cc(Cl)c2ccc(Cl)cc2n1)c1ccc[nH]1. The monoisotopic (exact) mass is 306 g/mol. The number of ether oxygens (including phenoxy) is 1. The number of halogens is 2. The topological polar surface area (TPSA) is 55.0 Å². The van der Waals surface area contributed by atoms with Crippen LogP contribution >= 0.6 is 23.2 Å². The Balaban J connectivity index is 1.98. The van der Waals surface area contributed by atoms with Crippen molar-refractivity contribution in [3.8, 4) is 5.88 Å². The number of hydrogen-bond donors (Lipinski definition) is 1. The number of nitrogens with one attached hydrogen (secondary N) is 1. The zero-order valence-corrected chi connectivity index (χ0v) is 11.6. The van der Waals surface area contributed by atoms with E-state index in [1.807, 2.05) is 0 Å². The van der Waals surface area contributed by atoms with Gasteiger partial charge in [-0.05, 0) is 30.3 Å². The van der Waals surface area contributed by atoms with Crippen molar-refractivity contribution in [1.29, 1.82) is 0 Å². The molecule has 0 aliphatic heterocycles. The number of nitrogens with zero attached hydrogens (tertiary/aromatic N) is 1. The summed E-state index contributed by atoms with van der Waals surface area (Å²) in [5, 5.41) is 1.73. The molecule has 0 aliphatic rings. The molecule has 0 spiro atoms. The molecule has 0 saturated carbocycles. The Kier molecular flexibility index (Phi) is 3.34. The lowest BCUT2D eigenvalue weighted by atomic mass is 10.2. The van der Waals surface area contributed by atoms with E-state index >= 15 is 0 Å². The van der Waals surface area contributed by atoms with Gasteiger partial charge in [0, 0.05) is 22.7 Å². The summed E-state index contributed by atoms with van der Waals surface area (Å²) in [7, 11) is 0. The Bertz CT molecular complexity index is 785. The van der Waals surface area contributed by atoms with Gasteiger partial charge in [-0.15, -0.1) is 0 Å². The zero-order valence-electron chi connectivity index (χ0n) is 10.1. The van der Waals surface area contributed by atoms with Crippen molar-refractivity contribution in [2.24, 2.45) is 0 Å². The molecule has 1 N–H and O–H groups in total. The summed E-state index contributed by atoms with van der Waals surface area (Å²) >= 11 is 12.1. The van der Waals surface area contributed by atoms with Crippen LogP contribution in [0, 0.1) is 0 Å². The Hall–Kier alpha value is -2.04. The quantitative estimate of drug-likeness (QED) is 0.726. The van der Waals surface area contributed by atoms with Crippen LogP contribution < -0.4 is 4.74 Å². The van der Waals surface area contributed by atoms with Crippen LogP contribution in [0.4, 0.5) is 0 Å². The smallest absolute Gasteiger partial charge is 0.361 e. The molecule has 6 heteroatoms. The molecule has 0 fully saturated rings. The van der Waals surface area contributed by atoms with Crippen LogP contribution in [0.1, 0.15) is 10.5 Å². The molecule has 1 aromatic carbocycles. The van der Waals surface area contributed by atoms with Crippen LogP contribution in [0.15, 0.2) is 42.6 Å². The van der Waals surface area contributed by atoms with Gasteiger partial charge in [-0.25, -0.2) is 9.78 Å². The van der Waals surface area contributed by atoms with E-state index in [2.05, 4.69) is 9.97 Å². The lowest BCUT2D eigenvalue weighted by molar-refractivity contribution is 0.0723. The second-order valence-electron chi connectivity index (χ2n) is 4.08. The fraction of sp³-hybridized carbons (Fsp3) is 0. The van der Waals surface area contributed by atoms with Crippen LogP contribution in [0.3, 0.4) is 0 Å². The predicted molar refractivity (Wildman–Crippen MR) is 77.5 cm³/mol. The number of carbonyl (C=O) groups excluding carboxylic acids is 1. The summed E-state index contributed by atoms with van der Waals surface area (Å²) in [6.45, 7) is 0. The molecule has 20 heavy (non-hydrogen) atoms. The molecular formula is C14H8Cl2N2O2. The Morgan fingerprint density at radius 2 is 2.05 bits per heavy atom. The maximum absolute atomic E-state index is 11.8. The molecule has 2 aromatic heterocycles. The van der Waals surface area contributed by atoms with Crippen LogP contribution in [0.2, 0.25) is 10.0 Å². The minimum Gasteiger partial charge on any atom is -0.403 e. The van der Waals surface area contributed by atoms with Crippen LogP contribution in [-0.2, 0) is 0 Å². The first kappa shape index (κ1) is 13.0. The Morgan fingerprint density at radius 3 is 2.80 bits per heavy atom. The largest absolute Gasteiger partial charge is 0.403 e. The lowest BCUT2D eigenvalue weighted by Crippen LogP contribution is -2.09. The van der Waals surface area contributed by atoms with Gasteiger partial charge in [-0.3, -0.25) is 0 Å². The summed E-state index contributed by atoms with van der Waals surface area (Å²) in [5.74, 6) is -0.399. The molecule has 3 aromatic rings. The van der Waals surface area contributed by atoms with Crippen molar-refractivity contribution < 1.29 is 9.53 Å². The first-order chi connectivity index (χ1) is 9.63. The molecule has 4 nitrogen and oxygen atoms in total. The lowest BCUT2D eigenvalue weighted by Gasteiger charge is -2.06. The van der Waals surface area contributed by atoms with E-state index in [0.29, 0.717) is 21.3 Å². The summed E-state index contributed by atoms with van der Waals surface area (Å²) in [4.78, 5) is 18.8. The maximum atomic E-state index is 11.8. The van der Waals surface area contributed by atoms with Crippen molar-refractivity contribution in [2.45, 2.75) is 0 Å². The number of fused-ring (bicyclic) bond motifs is 1. The molecule has 0 aliphatic carbocycles. The van der Waals surface area contributed by atoms with Crippen LogP contribution in [0.5, 0.6) is 5.88 Å². The van der Waals surface area contributed by atoms with Gasteiger partial charge in [-0.1, -0.05) is 23.2 Å². The molecule has 0 unspecified atom stereocenters. The molecule has 0 saturated heterocycles. The fourth-order valence-electron chi connectivity index (χ4n) is 1.80. The average Bonchev–Trinajstić information content (AvgIpc) is 2.91. The van der Waals surface area contributed by atoms with E-state index in [9.17, 15) is 4.79 Å². The summed E-state index contributed by atoms with van der Waals surface area (Å²) in [6, 6.07) is 9.97. The second-order valence-corrected chi connectivity index (χ2v) is 4.92. The van der Waals surface area contributed by atoms with E-state index in [0.717, 1.165) is 5.39 Å². The minimum atomic E-state index is -0.528. The molecule has 0 radical (unpaired) electrons. The van der Waals surface area contributed by atoms with Gasteiger partial charge >= 0.3 is 5.97 Å². The minimum absolute atomic E-state index is 0.129. The highest BCUT2D eigenvalue weighted by molar-refractivity contribution is 6.36. The number of benzene rings is 1. The number of aromatic nitrogens is 2. The molecule has 0 bridgehead atoms. The van der Waals surface area contributed by atoms with Crippen LogP contribution in [-0.4, -0.2) is 15.9 Å². The number of esters is 1. The van der Waals surface area contributed by atoms with Crippen molar-refractivity contribution in [2.75, 3.05) is 0 Å². The summed E-state index contributed by atoms with van der Waals surface area (Å²) in [5.41, 5.74) is 0.911. The van der Waals surface area contributed by atoms with E-state index in [1.54, 1.807) is 36.5 Å². The number of rotatable bonds is 2. The predicted octanol–water partition coefficient (Wildman–Crippen LogP) is 4.09. The number of aromatic amines is 1. The third kappa shape index (κ3) is 2.48. The van der Waals surface area contributed by atoms with Crippen molar-refractivity contribution >= 4 is 40.1 Å². The average molecular weight is 307 g/mol. The first-order valence-electron chi connectivity index (χ1n) is 5.75. The molecule has 3 rings (SSSR count). The van der Waals surface area contributed by atoms with Gasteiger partial charge < -0.3 is 9.72 Å². The zero-order chi connectivity index (χ0) is 14.1. The number of H-pyrrole nitrogens is 1. The van der Waals surface area contributed by atoms with Gasteiger partial charge in [0.15, 0.2) is 0 Å². The number of pyridine rings is 1. The molecule has 2 heterocycles. The third-order valence-corrected chi connectivity index (χ3v) is 3.26. The second kappa shape index (κ2) is 5.15. The summed E-state index contributed by atoms with van der Waals surface area (Å²) < 4.78 is 5.18. The highest BCUT2D eigenvalue weighted by Gasteiger charge is 2.12. The van der Waals surface area contributed by atoms with Crippen LogP contribution in [0.25, 0.3) is 10.9 Å². The highest BCUT2D eigenvalue weighted by Crippen LogP contribution is 2.28. The standard InChI is InChI=1S/C14H8Cl2N2O2/c15-8-3-4-9-10(16)7-13(18-12(9)6-8)20-14(19)11-2-1-5-17-11/h1-7,17H. The number of hydrogen-bond acceptors (Lipinski definition) is 3. The van der Waals surface area contributed by atoms with Gasteiger partial charge in [0.1, 0.15) is 5.69 Å². The van der Waals surface area contributed by atoms with E-state index in [1.165, 1.54) is 6.07 Å². The van der Waals surface area contributed by atoms with E-state index in [4.69, 9.17) is 27.9 Å². The summed E-state index contributed by atoms with van der Waals surface area (Å²) in [6.07, 6.45) is 1.64. The van der Waals surface area contributed by atoms with Gasteiger partial charge in [-0.2, -0.15) is 0 Å². The third-order valence-electron chi connectivity index (χ3n) is 2.71. The normalized spacial score (nSPS) is 10.7. The van der Waals surface area contributed by atoms with E-state index < -0.39 is 5.97 Å².